The van der Waals surface area contributed by atoms with Crippen LogP contribution < -0.4 is 0 Å². The zero-order chi connectivity index (χ0) is 12.5. The fourth-order valence-corrected chi connectivity index (χ4v) is 1.98. The smallest absolute Gasteiger partial charge is 0.116 e. The molecule has 0 amide bonds. The number of nitrogens with zero attached hydrogens (tertiary/aromatic N) is 2. The van der Waals surface area contributed by atoms with Crippen LogP contribution in [-0.2, 0) is 6.42 Å². The SMILES string of the molecule is CC(C)(C)Cc1n[nH]nc1-c1ccc(Br)cc1. The highest BCUT2D eigenvalue weighted by Gasteiger charge is 2.18. The summed E-state index contributed by atoms with van der Waals surface area (Å²) in [5.74, 6) is 0. The molecule has 0 aliphatic heterocycles. The molecule has 1 aromatic carbocycles. The van der Waals surface area contributed by atoms with Crippen LogP contribution in [-0.4, -0.2) is 15.4 Å². The molecule has 0 atom stereocenters. The Bertz CT molecular complexity index is 494. The summed E-state index contributed by atoms with van der Waals surface area (Å²) in [6, 6.07) is 8.14. The lowest BCUT2D eigenvalue weighted by molar-refractivity contribution is 0.406. The first kappa shape index (κ1) is 12.3. The average molecular weight is 294 g/mol. The Labute approximate surface area is 110 Å². The maximum Gasteiger partial charge on any atom is 0.116 e. The van der Waals surface area contributed by atoms with E-state index >= 15 is 0 Å². The van der Waals surface area contributed by atoms with Gasteiger partial charge in [0.2, 0.25) is 0 Å². The molecule has 0 aliphatic rings. The molecule has 1 aromatic heterocycles. The van der Waals surface area contributed by atoms with Gasteiger partial charge in [-0.2, -0.15) is 15.4 Å². The summed E-state index contributed by atoms with van der Waals surface area (Å²) in [5, 5.41) is 11.2. The maximum atomic E-state index is 4.25. The third-order valence-electron chi connectivity index (χ3n) is 2.44. The topological polar surface area (TPSA) is 41.6 Å². The van der Waals surface area contributed by atoms with E-state index in [-0.39, 0.29) is 5.41 Å². The van der Waals surface area contributed by atoms with Gasteiger partial charge in [-0.25, -0.2) is 0 Å². The number of nitrogens with one attached hydrogen (secondary N) is 1. The largest absolute Gasteiger partial charge is 0.197 e. The van der Waals surface area contributed by atoms with Crippen molar-refractivity contribution in [1.29, 1.82) is 0 Å². The Morgan fingerprint density at radius 3 is 2.35 bits per heavy atom. The molecule has 0 fully saturated rings. The van der Waals surface area contributed by atoms with Gasteiger partial charge in [-0.1, -0.05) is 48.8 Å². The second kappa shape index (κ2) is 4.61. The second-order valence-corrected chi connectivity index (χ2v) is 6.28. The Morgan fingerprint density at radius 1 is 1.12 bits per heavy atom. The van der Waals surface area contributed by atoms with E-state index in [9.17, 15) is 0 Å². The molecule has 2 rings (SSSR count). The molecular formula is C13H16BrN3. The third kappa shape index (κ3) is 3.16. The first-order valence-electron chi connectivity index (χ1n) is 5.61. The second-order valence-electron chi connectivity index (χ2n) is 5.36. The molecular weight excluding hydrogens is 278 g/mol. The summed E-state index contributed by atoms with van der Waals surface area (Å²) in [6.45, 7) is 6.60. The Kier molecular flexibility index (Phi) is 3.33. The van der Waals surface area contributed by atoms with Crippen LogP contribution in [0.1, 0.15) is 26.5 Å². The van der Waals surface area contributed by atoms with Crippen LogP contribution in [0.4, 0.5) is 0 Å². The maximum absolute atomic E-state index is 4.25. The van der Waals surface area contributed by atoms with E-state index in [2.05, 4.69) is 52.1 Å². The van der Waals surface area contributed by atoms with E-state index in [4.69, 9.17) is 0 Å². The van der Waals surface area contributed by atoms with Crippen molar-refractivity contribution < 1.29 is 0 Å². The van der Waals surface area contributed by atoms with Crippen LogP contribution in [0, 0.1) is 5.41 Å². The van der Waals surface area contributed by atoms with Crippen LogP contribution in [0.25, 0.3) is 11.3 Å². The highest BCUT2D eigenvalue weighted by Crippen LogP contribution is 2.27. The molecule has 0 unspecified atom stereocenters. The number of H-pyrrole nitrogens is 1. The zero-order valence-corrected chi connectivity index (χ0v) is 11.9. The predicted octanol–water partition coefficient (Wildman–Crippen LogP) is 3.82. The van der Waals surface area contributed by atoms with Crippen molar-refractivity contribution in [2.24, 2.45) is 5.41 Å². The minimum absolute atomic E-state index is 0.209. The van der Waals surface area contributed by atoms with Crippen molar-refractivity contribution in [2.45, 2.75) is 27.2 Å². The minimum atomic E-state index is 0.209. The number of hydrogen-bond acceptors (Lipinski definition) is 2. The molecule has 0 bridgehead atoms. The third-order valence-corrected chi connectivity index (χ3v) is 2.96. The molecule has 2 aromatic rings. The molecule has 0 radical (unpaired) electrons. The quantitative estimate of drug-likeness (QED) is 0.914. The first-order valence-corrected chi connectivity index (χ1v) is 6.40. The normalized spacial score (nSPS) is 11.8. The Hall–Kier alpha value is -1.16. The summed E-state index contributed by atoms with van der Waals surface area (Å²) in [4.78, 5) is 0. The minimum Gasteiger partial charge on any atom is -0.197 e. The summed E-state index contributed by atoms with van der Waals surface area (Å²) in [6.07, 6.45) is 0.912. The first-order chi connectivity index (χ1) is 7.96. The molecule has 0 aliphatic carbocycles. The van der Waals surface area contributed by atoms with Crippen LogP contribution in [0.15, 0.2) is 28.7 Å². The number of halogens is 1. The van der Waals surface area contributed by atoms with E-state index in [1.165, 1.54) is 0 Å². The molecule has 0 saturated heterocycles. The molecule has 0 spiro atoms. The van der Waals surface area contributed by atoms with E-state index in [1.807, 2.05) is 24.3 Å². The monoisotopic (exact) mass is 293 g/mol. The van der Waals surface area contributed by atoms with Gasteiger partial charge in [-0.3, -0.25) is 0 Å². The van der Waals surface area contributed by atoms with Crippen molar-refractivity contribution in [3.63, 3.8) is 0 Å². The molecule has 90 valence electrons. The van der Waals surface area contributed by atoms with Crippen LogP contribution in [0.3, 0.4) is 0 Å². The van der Waals surface area contributed by atoms with Gasteiger partial charge in [0.05, 0.1) is 5.69 Å². The van der Waals surface area contributed by atoms with Gasteiger partial charge in [0.1, 0.15) is 5.69 Å². The summed E-state index contributed by atoms with van der Waals surface area (Å²) in [7, 11) is 0. The van der Waals surface area contributed by atoms with E-state index < -0.39 is 0 Å². The van der Waals surface area contributed by atoms with E-state index in [0.29, 0.717) is 0 Å². The van der Waals surface area contributed by atoms with Crippen LogP contribution in [0.2, 0.25) is 0 Å². The van der Waals surface area contributed by atoms with Crippen molar-refractivity contribution >= 4 is 15.9 Å². The van der Waals surface area contributed by atoms with Gasteiger partial charge in [0, 0.05) is 10.0 Å². The van der Waals surface area contributed by atoms with Gasteiger partial charge < -0.3 is 0 Å². The molecule has 17 heavy (non-hydrogen) atoms. The number of benzene rings is 1. The Balaban J connectivity index is 2.33. The van der Waals surface area contributed by atoms with Crippen molar-refractivity contribution in [2.75, 3.05) is 0 Å². The number of aromatic amines is 1. The van der Waals surface area contributed by atoms with Crippen LogP contribution >= 0.6 is 15.9 Å². The fourth-order valence-electron chi connectivity index (χ4n) is 1.72. The lowest BCUT2D eigenvalue weighted by Crippen LogP contribution is -2.10. The summed E-state index contributed by atoms with van der Waals surface area (Å²) >= 11 is 3.43. The number of aromatic nitrogens is 3. The molecule has 1 heterocycles. The standard InChI is InChI=1S/C13H16BrN3/c1-13(2,3)8-11-12(16-17-15-11)9-4-6-10(14)7-5-9/h4-7H,8H2,1-3H3,(H,15,16,17). The molecule has 3 nitrogen and oxygen atoms in total. The van der Waals surface area contributed by atoms with Gasteiger partial charge in [-0.15, -0.1) is 0 Å². The van der Waals surface area contributed by atoms with Gasteiger partial charge in [0.15, 0.2) is 0 Å². The van der Waals surface area contributed by atoms with E-state index in [0.717, 1.165) is 27.8 Å². The van der Waals surface area contributed by atoms with Gasteiger partial charge in [-0.05, 0) is 24.0 Å². The average Bonchev–Trinajstić information content (AvgIpc) is 2.64. The van der Waals surface area contributed by atoms with E-state index in [1.54, 1.807) is 0 Å². The summed E-state index contributed by atoms with van der Waals surface area (Å²) in [5.41, 5.74) is 3.29. The summed E-state index contributed by atoms with van der Waals surface area (Å²) < 4.78 is 1.07. The molecule has 4 heteroatoms. The highest BCUT2D eigenvalue weighted by molar-refractivity contribution is 9.10. The van der Waals surface area contributed by atoms with Gasteiger partial charge in [0.25, 0.3) is 0 Å². The number of rotatable bonds is 2. The molecule has 0 saturated carbocycles. The fraction of sp³-hybridized carbons (Fsp3) is 0.385. The highest BCUT2D eigenvalue weighted by atomic mass is 79.9. The molecule has 1 N–H and O–H groups in total. The predicted molar refractivity (Wildman–Crippen MR) is 72.7 cm³/mol. The number of hydrogen-bond donors (Lipinski definition) is 1. The van der Waals surface area contributed by atoms with Crippen molar-refractivity contribution in [3.05, 3.63) is 34.4 Å². The van der Waals surface area contributed by atoms with Crippen molar-refractivity contribution in [3.8, 4) is 11.3 Å². The van der Waals surface area contributed by atoms with Crippen molar-refractivity contribution in [1.82, 2.24) is 15.4 Å². The lowest BCUT2D eigenvalue weighted by Gasteiger charge is -2.16. The lowest BCUT2D eigenvalue weighted by atomic mass is 9.89. The Morgan fingerprint density at radius 2 is 1.76 bits per heavy atom. The zero-order valence-electron chi connectivity index (χ0n) is 10.3. The van der Waals surface area contributed by atoms with Crippen LogP contribution in [0.5, 0.6) is 0 Å². The van der Waals surface area contributed by atoms with Gasteiger partial charge >= 0.3 is 0 Å².